The van der Waals surface area contributed by atoms with Gasteiger partial charge in [-0.15, -0.1) is 0 Å². The first kappa shape index (κ1) is 30.1. The van der Waals surface area contributed by atoms with E-state index < -0.39 is 21.8 Å². The van der Waals surface area contributed by atoms with Crippen LogP contribution >= 0.6 is 0 Å². The minimum Gasteiger partial charge on any atom is -0.385 e. The maximum absolute atomic E-state index is 13.6. The fourth-order valence-corrected chi connectivity index (χ4v) is 6.48. The Labute approximate surface area is 250 Å². The first-order valence-corrected chi connectivity index (χ1v) is 15.2. The molecule has 0 bridgehead atoms. The molecule has 0 spiro atoms. The number of imide groups is 1. The first-order valence-electron chi connectivity index (χ1n) is 13.8. The molecule has 0 N–H and O–H groups in total. The Morgan fingerprint density at radius 2 is 1.81 bits per heavy atom. The highest BCUT2D eigenvalue weighted by Gasteiger charge is 2.35. The lowest BCUT2D eigenvalue weighted by atomic mass is 9.93. The van der Waals surface area contributed by atoms with Crippen LogP contribution in [0.5, 0.6) is 0 Å². The Balaban J connectivity index is 1.64. The summed E-state index contributed by atoms with van der Waals surface area (Å²) < 4.78 is 40.3. The zero-order valence-electron chi connectivity index (χ0n) is 23.9. The molecule has 3 aromatic rings. The van der Waals surface area contributed by atoms with Crippen molar-refractivity contribution >= 4 is 27.9 Å². The van der Waals surface area contributed by atoms with Crippen LogP contribution in [0.3, 0.4) is 0 Å². The van der Waals surface area contributed by atoms with Gasteiger partial charge < -0.3 is 9.47 Å². The quantitative estimate of drug-likeness (QED) is 0.207. The van der Waals surface area contributed by atoms with Gasteiger partial charge in [-0.25, -0.2) is 13.1 Å². The molecule has 0 radical (unpaired) electrons. The minimum atomic E-state index is -3.78. The fraction of sp³-hybridized carbons (Fsp3) is 0.290. The van der Waals surface area contributed by atoms with Crippen molar-refractivity contribution in [2.75, 3.05) is 46.6 Å². The Hall–Kier alpha value is -4.41. The van der Waals surface area contributed by atoms with Crippen LogP contribution in [0.2, 0.25) is 0 Å². The number of carbonyl (C=O) groups excluding carboxylic acids is 2. The summed E-state index contributed by atoms with van der Waals surface area (Å²) in [5.74, 6) is -1.17. The SMILES string of the molecule is COCCCN1C(=O)C(C#N)=C(C)/C(=C\c2cn(-c3ccccc3)nc2-c2cccc(S(=O)(=O)N3CCOCC3)c2)C1=O. The zero-order valence-corrected chi connectivity index (χ0v) is 24.7. The predicted molar refractivity (Wildman–Crippen MR) is 158 cm³/mol. The number of aromatic nitrogens is 2. The van der Waals surface area contributed by atoms with Gasteiger partial charge in [0.25, 0.3) is 11.8 Å². The first-order chi connectivity index (χ1) is 20.8. The number of hydrogen-bond acceptors (Lipinski definition) is 8. The largest absolute Gasteiger partial charge is 0.385 e. The van der Waals surface area contributed by atoms with Crippen molar-refractivity contribution in [1.29, 1.82) is 5.26 Å². The number of hydrogen-bond donors (Lipinski definition) is 0. The van der Waals surface area contributed by atoms with E-state index in [2.05, 4.69) is 0 Å². The third-order valence-electron chi connectivity index (χ3n) is 7.33. The highest BCUT2D eigenvalue weighted by Crippen LogP contribution is 2.32. The lowest BCUT2D eigenvalue weighted by molar-refractivity contribution is -0.140. The molecular formula is C31H31N5O6S. The predicted octanol–water partition coefficient (Wildman–Crippen LogP) is 3.19. The molecule has 43 heavy (non-hydrogen) atoms. The molecule has 1 fully saturated rings. The molecule has 2 amide bonds. The number of nitrogens with zero attached hydrogens (tertiary/aromatic N) is 5. The average Bonchev–Trinajstić information content (AvgIpc) is 3.46. The van der Waals surface area contributed by atoms with Gasteiger partial charge in [0.2, 0.25) is 10.0 Å². The van der Waals surface area contributed by atoms with Crippen molar-refractivity contribution in [1.82, 2.24) is 19.0 Å². The smallest absolute Gasteiger partial charge is 0.271 e. The Morgan fingerprint density at radius 3 is 2.51 bits per heavy atom. The van der Waals surface area contributed by atoms with E-state index in [-0.39, 0.29) is 41.2 Å². The van der Waals surface area contributed by atoms with Crippen LogP contribution in [0.4, 0.5) is 0 Å². The maximum Gasteiger partial charge on any atom is 0.271 e. The van der Waals surface area contributed by atoms with Crippen molar-refractivity contribution < 1.29 is 27.5 Å². The molecular weight excluding hydrogens is 570 g/mol. The second kappa shape index (κ2) is 12.8. The summed E-state index contributed by atoms with van der Waals surface area (Å²) >= 11 is 0. The van der Waals surface area contributed by atoms with Crippen molar-refractivity contribution in [3.8, 4) is 23.0 Å². The van der Waals surface area contributed by atoms with E-state index in [1.807, 2.05) is 36.4 Å². The van der Waals surface area contributed by atoms with E-state index in [4.69, 9.17) is 14.6 Å². The number of benzene rings is 2. The number of methoxy groups -OCH3 is 1. The summed E-state index contributed by atoms with van der Waals surface area (Å²) in [6, 6.07) is 17.8. The van der Waals surface area contributed by atoms with Gasteiger partial charge in [-0.05, 0) is 49.3 Å². The fourth-order valence-electron chi connectivity index (χ4n) is 5.03. The van der Waals surface area contributed by atoms with Crippen LogP contribution in [0.1, 0.15) is 18.9 Å². The number of rotatable bonds is 9. The average molecular weight is 602 g/mol. The molecule has 0 aliphatic carbocycles. The summed E-state index contributed by atoms with van der Waals surface area (Å²) in [6.45, 7) is 3.20. The molecule has 0 unspecified atom stereocenters. The van der Waals surface area contributed by atoms with E-state index in [9.17, 15) is 23.3 Å². The molecule has 2 aliphatic rings. The summed E-state index contributed by atoms with van der Waals surface area (Å²) in [4.78, 5) is 27.8. The summed E-state index contributed by atoms with van der Waals surface area (Å²) in [5.41, 5.74) is 2.55. The van der Waals surface area contributed by atoms with Gasteiger partial charge in [0, 0.05) is 56.2 Å². The van der Waals surface area contributed by atoms with E-state index in [1.165, 1.54) is 11.4 Å². The summed E-state index contributed by atoms with van der Waals surface area (Å²) in [7, 11) is -2.25. The molecule has 0 saturated carbocycles. The van der Waals surface area contributed by atoms with Gasteiger partial charge in [0.15, 0.2) is 0 Å². The molecule has 222 valence electrons. The molecule has 2 aliphatic heterocycles. The highest BCUT2D eigenvalue weighted by atomic mass is 32.2. The van der Waals surface area contributed by atoms with Gasteiger partial charge in [0.1, 0.15) is 17.3 Å². The Bertz CT molecular complexity index is 1750. The number of para-hydroxylation sites is 1. The Kier molecular flexibility index (Phi) is 8.98. The van der Waals surface area contributed by atoms with Crippen LogP contribution in [0.25, 0.3) is 23.0 Å². The lowest BCUT2D eigenvalue weighted by Crippen LogP contribution is -2.43. The summed E-state index contributed by atoms with van der Waals surface area (Å²) in [6.07, 6.45) is 3.76. The maximum atomic E-state index is 13.6. The van der Waals surface area contributed by atoms with Gasteiger partial charge >= 0.3 is 0 Å². The molecule has 1 saturated heterocycles. The lowest BCUT2D eigenvalue weighted by Gasteiger charge is -2.27. The molecule has 2 aromatic carbocycles. The van der Waals surface area contributed by atoms with E-state index in [0.717, 1.165) is 10.6 Å². The monoisotopic (exact) mass is 601 g/mol. The van der Waals surface area contributed by atoms with Crippen LogP contribution in [0.15, 0.2) is 82.4 Å². The standard InChI is InChI=1S/C31H31N5O6S/c1-22-27(30(37)35(12-7-15-41-2)31(38)28(22)20-32)19-24-21-36(25-9-4-3-5-10-25)33-29(24)23-8-6-11-26(18-23)43(39,40)34-13-16-42-17-14-34/h3-6,8-11,18-19,21H,7,12-17H2,1-2H3/b27-19+. The van der Waals surface area contributed by atoms with Crippen LogP contribution in [-0.2, 0) is 29.1 Å². The summed E-state index contributed by atoms with van der Waals surface area (Å²) in [5, 5.41) is 14.6. The molecule has 0 atom stereocenters. The van der Waals surface area contributed by atoms with E-state index in [1.54, 1.807) is 48.1 Å². The number of ether oxygens (including phenoxy) is 2. The van der Waals surface area contributed by atoms with Crippen LogP contribution in [0, 0.1) is 11.3 Å². The number of morpholine rings is 1. The third kappa shape index (κ3) is 6.07. The number of amides is 2. The van der Waals surface area contributed by atoms with Crippen molar-refractivity contribution in [2.45, 2.75) is 18.2 Å². The van der Waals surface area contributed by atoms with Crippen LogP contribution < -0.4 is 0 Å². The van der Waals surface area contributed by atoms with E-state index in [0.29, 0.717) is 43.1 Å². The van der Waals surface area contributed by atoms with Gasteiger partial charge in [-0.2, -0.15) is 14.7 Å². The normalized spacial score (nSPS) is 17.5. The molecule has 1 aromatic heterocycles. The van der Waals surface area contributed by atoms with Crippen molar-refractivity contribution in [3.63, 3.8) is 0 Å². The topological polar surface area (TPSA) is 135 Å². The van der Waals surface area contributed by atoms with Crippen molar-refractivity contribution in [2.24, 2.45) is 0 Å². The van der Waals surface area contributed by atoms with Gasteiger partial charge in [0.05, 0.1) is 23.8 Å². The Morgan fingerprint density at radius 1 is 1.07 bits per heavy atom. The molecule has 12 heteroatoms. The number of nitriles is 1. The number of carbonyl (C=O) groups is 2. The van der Waals surface area contributed by atoms with Gasteiger partial charge in [-0.3, -0.25) is 14.5 Å². The molecule has 11 nitrogen and oxygen atoms in total. The second-order valence-corrected chi connectivity index (χ2v) is 12.0. The second-order valence-electron chi connectivity index (χ2n) is 10.0. The van der Waals surface area contributed by atoms with E-state index >= 15 is 0 Å². The number of sulfonamides is 1. The van der Waals surface area contributed by atoms with Crippen LogP contribution in [-0.4, -0.2) is 85.8 Å². The molecule has 5 rings (SSSR count). The zero-order chi connectivity index (χ0) is 30.6. The highest BCUT2D eigenvalue weighted by molar-refractivity contribution is 7.89. The van der Waals surface area contributed by atoms with Gasteiger partial charge in [-0.1, -0.05) is 30.3 Å². The molecule has 3 heterocycles. The third-order valence-corrected chi connectivity index (χ3v) is 9.23. The minimum absolute atomic E-state index is 0.0961. The van der Waals surface area contributed by atoms with Crippen molar-refractivity contribution in [3.05, 3.63) is 83.1 Å².